The van der Waals surface area contributed by atoms with Crippen LogP contribution in [0.4, 0.5) is 0 Å². The molecule has 0 atom stereocenters. The van der Waals surface area contributed by atoms with Crippen molar-refractivity contribution in [2.45, 2.75) is 25.9 Å². The Balaban J connectivity index is 1.53. The van der Waals surface area contributed by atoms with Gasteiger partial charge in [-0.05, 0) is 29.7 Å². The maximum absolute atomic E-state index is 12.7. The van der Waals surface area contributed by atoms with Gasteiger partial charge in [0, 0.05) is 43.2 Å². The molecule has 1 aliphatic heterocycles. The Kier molecular flexibility index (Phi) is 5.48. The van der Waals surface area contributed by atoms with E-state index < -0.39 is 0 Å². The highest BCUT2D eigenvalue weighted by molar-refractivity contribution is 7.07. The van der Waals surface area contributed by atoms with E-state index in [9.17, 15) is 9.59 Å². The lowest BCUT2D eigenvalue weighted by Crippen LogP contribution is -2.23. The molecule has 2 amide bonds. The molecule has 0 aliphatic carbocycles. The molecule has 2 aromatic carbocycles. The van der Waals surface area contributed by atoms with Gasteiger partial charge in [-0.15, -0.1) is 11.3 Å². The average molecular weight is 391 g/mol. The summed E-state index contributed by atoms with van der Waals surface area (Å²) in [5.41, 5.74) is 2.66. The van der Waals surface area contributed by atoms with Crippen molar-refractivity contribution in [3.8, 4) is 0 Å². The minimum atomic E-state index is -0.265. The van der Waals surface area contributed by atoms with Gasteiger partial charge in [0.05, 0.1) is 0 Å². The topological polar surface area (TPSA) is 54.7 Å². The third-order valence-corrected chi connectivity index (χ3v) is 5.57. The molecule has 28 heavy (non-hydrogen) atoms. The van der Waals surface area contributed by atoms with Crippen molar-refractivity contribution in [2.24, 2.45) is 4.99 Å². The van der Waals surface area contributed by atoms with E-state index in [0.29, 0.717) is 29.9 Å². The van der Waals surface area contributed by atoms with E-state index in [4.69, 9.17) is 0 Å². The lowest BCUT2D eigenvalue weighted by Gasteiger charge is -2.15. The quantitative estimate of drug-likeness (QED) is 0.669. The van der Waals surface area contributed by atoms with Crippen molar-refractivity contribution in [1.29, 1.82) is 0 Å². The molecule has 142 valence electrons. The molecule has 0 saturated carbocycles. The zero-order valence-corrected chi connectivity index (χ0v) is 16.3. The second kappa shape index (κ2) is 8.35. The fraction of sp³-hybridized carbons (Fsp3) is 0.227. The molecule has 6 heteroatoms. The van der Waals surface area contributed by atoms with Crippen molar-refractivity contribution < 1.29 is 9.59 Å². The van der Waals surface area contributed by atoms with Crippen LogP contribution in [0.5, 0.6) is 0 Å². The van der Waals surface area contributed by atoms with Gasteiger partial charge >= 0.3 is 0 Å². The Morgan fingerprint density at radius 1 is 1.04 bits per heavy atom. The second-order valence-electron chi connectivity index (χ2n) is 6.84. The van der Waals surface area contributed by atoms with Crippen molar-refractivity contribution >= 4 is 23.2 Å². The highest BCUT2D eigenvalue weighted by atomic mass is 32.1. The normalized spacial score (nSPS) is 14.6. The number of thiazole rings is 1. The summed E-state index contributed by atoms with van der Waals surface area (Å²) < 4.78 is 1.98. The smallest absolute Gasteiger partial charge is 0.279 e. The van der Waals surface area contributed by atoms with Gasteiger partial charge < -0.3 is 9.47 Å². The Bertz CT molecular complexity index is 1050. The van der Waals surface area contributed by atoms with Gasteiger partial charge in [-0.1, -0.05) is 42.5 Å². The first-order chi connectivity index (χ1) is 13.7. The lowest BCUT2D eigenvalue weighted by atomic mass is 10.1. The first-order valence-electron chi connectivity index (χ1n) is 9.33. The van der Waals surface area contributed by atoms with Crippen molar-refractivity contribution in [2.75, 3.05) is 6.54 Å². The van der Waals surface area contributed by atoms with Gasteiger partial charge in [0.15, 0.2) is 4.80 Å². The van der Waals surface area contributed by atoms with E-state index in [0.717, 1.165) is 24.1 Å². The summed E-state index contributed by atoms with van der Waals surface area (Å²) >= 11 is 1.45. The van der Waals surface area contributed by atoms with Crippen LogP contribution in [0.2, 0.25) is 0 Å². The van der Waals surface area contributed by atoms with Crippen molar-refractivity contribution in [3.05, 3.63) is 87.7 Å². The van der Waals surface area contributed by atoms with Crippen LogP contribution in [0.3, 0.4) is 0 Å². The van der Waals surface area contributed by atoms with Crippen molar-refractivity contribution in [1.82, 2.24) is 9.47 Å². The fourth-order valence-electron chi connectivity index (χ4n) is 3.33. The predicted molar refractivity (Wildman–Crippen MR) is 109 cm³/mol. The summed E-state index contributed by atoms with van der Waals surface area (Å²) in [6.45, 7) is 2.01. The minimum Gasteiger partial charge on any atom is -0.338 e. The predicted octanol–water partition coefficient (Wildman–Crippen LogP) is 3.46. The number of nitrogens with zero attached hydrogens (tertiary/aromatic N) is 3. The van der Waals surface area contributed by atoms with Crippen LogP contribution in [0, 0.1) is 0 Å². The van der Waals surface area contributed by atoms with E-state index in [-0.39, 0.29) is 11.8 Å². The van der Waals surface area contributed by atoms with Crippen LogP contribution in [-0.4, -0.2) is 27.8 Å². The fourth-order valence-corrected chi connectivity index (χ4v) is 4.06. The zero-order chi connectivity index (χ0) is 19.3. The molecule has 1 aliphatic rings. The Labute approximate surface area is 167 Å². The largest absolute Gasteiger partial charge is 0.338 e. The molecular formula is C22H21N3O2S. The Morgan fingerprint density at radius 3 is 2.64 bits per heavy atom. The number of benzene rings is 2. The van der Waals surface area contributed by atoms with Crippen LogP contribution >= 0.6 is 11.3 Å². The number of carbonyl (C=O) groups is 2. The maximum atomic E-state index is 12.7. The molecule has 0 unspecified atom stereocenters. The zero-order valence-electron chi connectivity index (χ0n) is 15.5. The van der Waals surface area contributed by atoms with Crippen LogP contribution in [0.25, 0.3) is 0 Å². The van der Waals surface area contributed by atoms with E-state index in [1.807, 2.05) is 57.4 Å². The molecule has 0 bridgehead atoms. The molecule has 3 aromatic rings. The van der Waals surface area contributed by atoms with E-state index in [1.54, 1.807) is 6.07 Å². The van der Waals surface area contributed by atoms with Crippen LogP contribution in [0.15, 0.2) is 71.2 Å². The first-order valence-corrected chi connectivity index (χ1v) is 10.2. The third-order valence-electron chi connectivity index (χ3n) is 4.77. The molecule has 0 N–H and O–H groups in total. The minimum absolute atomic E-state index is 0.182. The summed E-state index contributed by atoms with van der Waals surface area (Å²) in [6, 6.07) is 17.5. The number of aromatic nitrogens is 1. The highest BCUT2D eigenvalue weighted by Crippen LogP contribution is 2.15. The maximum Gasteiger partial charge on any atom is 0.279 e. The van der Waals surface area contributed by atoms with Gasteiger partial charge in [0.25, 0.3) is 5.91 Å². The van der Waals surface area contributed by atoms with Crippen LogP contribution in [-0.2, 0) is 17.9 Å². The summed E-state index contributed by atoms with van der Waals surface area (Å²) in [6.07, 6.45) is 3.47. The number of rotatable bonds is 5. The van der Waals surface area contributed by atoms with Gasteiger partial charge in [0.2, 0.25) is 5.91 Å². The van der Waals surface area contributed by atoms with Gasteiger partial charge in [-0.2, -0.15) is 4.99 Å². The third kappa shape index (κ3) is 4.28. The van der Waals surface area contributed by atoms with Gasteiger partial charge in [0.1, 0.15) is 0 Å². The van der Waals surface area contributed by atoms with Crippen LogP contribution in [0.1, 0.15) is 34.3 Å². The molecule has 1 fully saturated rings. The number of hydrogen-bond donors (Lipinski definition) is 0. The Hall–Kier alpha value is -2.99. The Morgan fingerprint density at radius 2 is 1.86 bits per heavy atom. The standard InChI is InChI=1S/C22H21N3O2S/c26-20-10-5-11-24(20)16-18-8-4-9-19(14-18)21(27)23-22-25(12-13-28-22)15-17-6-2-1-3-7-17/h1-4,6-9,12-14H,5,10-11,15-16H2. The van der Waals surface area contributed by atoms with E-state index >= 15 is 0 Å². The first kappa shape index (κ1) is 18.4. The number of amides is 2. The summed E-state index contributed by atoms with van der Waals surface area (Å²) in [4.78, 5) is 31.4. The van der Waals surface area contributed by atoms with Crippen LogP contribution < -0.4 is 4.80 Å². The molecule has 4 rings (SSSR count). The van der Waals surface area contributed by atoms with Crippen molar-refractivity contribution in [3.63, 3.8) is 0 Å². The van der Waals surface area contributed by atoms with Gasteiger partial charge in [-0.25, -0.2) is 0 Å². The number of hydrogen-bond acceptors (Lipinski definition) is 3. The molecule has 1 saturated heterocycles. The second-order valence-corrected chi connectivity index (χ2v) is 7.71. The SMILES string of the molecule is O=C(N=c1sccn1Cc1ccccc1)c1cccc(CN2CCCC2=O)c1. The van der Waals surface area contributed by atoms with E-state index in [1.165, 1.54) is 11.3 Å². The average Bonchev–Trinajstić information content (AvgIpc) is 3.32. The summed E-state index contributed by atoms with van der Waals surface area (Å²) in [5.74, 6) is -0.0826. The molecule has 1 aromatic heterocycles. The van der Waals surface area contributed by atoms with E-state index in [2.05, 4.69) is 17.1 Å². The summed E-state index contributed by atoms with van der Waals surface area (Å²) in [7, 11) is 0. The lowest BCUT2D eigenvalue weighted by molar-refractivity contribution is -0.128. The van der Waals surface area contributed by atoms with Gasteiger partial charge in [-0.3, -0.25) is 9.59 Å². The number of likely N-dealkylation sites (tertiary alicyclic amines) is 1. The molecule has 5 nitrogen and oxygen atoms in total. The molecule has 0 radical (unpaired) electrons. The highest BCUT2D eigenvalue weighted by Gasteiger charge is 2.20. The molecular weight excluding hydrogens is 370 g/mol. The summed E-state index contributed by atoms with van der Waals surface area (Å²) in [5, 5.41) is 1.93. The molecule has 2 heterocycles. The monoisotopic (exact) mass is 391 g/mol. The number of carbonyl (C=O) groups excluding carboxylic acids is 2. The molecule has 0 spiro atoms.